The maximum Gasteiger partial charge on any atom is 0.300 e. The number of carboxylic acids is 1. The van der Waals surface area contributed by atoms with E-state index in [1.165, 1.54) is 0 Å². The first-order valence-corrected chi connectivity index (χ1v) is 4.61. The van der Waals surface area contributed by atoms with E-state index >= 15 is 0 Å². The molecule has 78 valence electrons. The third-order valence-electron chi connectivity index (χ3n) is 2.27. The highest BCUT2D eigenvalue weighted by Gasteiger charge is 2.69. The topological polar surface area (TPSA) is 57.5 Å². The van der Waals surface area contributed by atoms with Crippen LogP contribution in [0.15, 0.2) is 0 Å². The summed E-state index contributed by atoms with van der Waals surface area (Å²) in [6.45, 7) is 5.07. The van der Waals surface area contributed by atoms with Gasteiger partial charge >= 0.3 is 0 Å². The van der Waals surface area contributed by atoms with Gasteiger partial charge in [0.1, 0.15) is 4.33 Å². The maximum absolute atomic E-state index is 9.00. The molecule has 0 saturated heterocycles. The largest absolute Gasteiger partial charge is 0.481 e. The summed E-state index contributed by atoms with van der Waals surface area (Å²) in [5.74, 6) is -0.784. The summed E-state index contributed by atoms with van der Waals surface area (Å²) >= 11 is 11.6. The molecule has 0 aromatic heterocycles. The van der Waals surface area contributed by atoms with E-state index in [4.69, 9.17) is 38.2 Å². The van der Waals surface area contributed by atoms with E-state index in [1.54, 1.807) is 0 Å². The first-order chi connectivity index (χ1) is 5.67. The molecule has 0 bridgehead atoms. The van der Waals surface area contributed by atoms with Crippen LogP contribution >= 0.6 is 23.2 Å². The Kier molecular flexibility index (Phi) is 4.03. The van der Waals surface area contributed by atoms with Gasteiger partial charge in [-0.15, -0.1) is 23.2 Å². The zero-order chi connectivity index (χ0) is 10.9. The molecule has 1 fully saturated rings. The van der Waals surface area contributed by atoms with Crippen molar-refractivity contribution in [3.05, 3.63) is 0 Å². The van der Waals surface area contributed by atoms with Crippen molar-refractivity contribution < 1.29 is 15.0 Å². The fourth-order valence-corrected chi connectivity index (χ4v) is 1.94. The summed E-state index contributed by atoms with van der Waals surface area (Å²) < 4.78 is -0.693. The molecule has 0 amide bonds. The smallest absolute Gasteiger partial charge is 0.300 e. The lowest BCUT2D eigenvalue weighted by molar-refractivity contribution is -0.134. The number of aliphatic hydroxyl groups excluding tert-OH is 1. The molecule has 0 heterocycles. The fourth-order valence-electron chi connectivity index (χ4n) is 1.10. The quantitative estimate of drug-likeness (QED) is 0.675. The fraction of sp³-hybridized carbons (Fsp3) is 0.875. The molecule has 1 aliphatic carbocycles. The van der Waals surface area contributed by atoms with Crippen molar-refractivity contribution in [3.8, 4) is 0 Å². The number of carbonyl (C=O) groups is 1. The lowest BCUT2D eigenvalue weighted by Gasteiger charge is -1.99. The predicted octanol–water partition coefficient (Wildman–Crippen LogP) is 1.90. The Hall–Kier alpha value is 0.01000. The lowest BCUT2D eigenvalue weighted by atomic mass is 10.1. The van der Waals surface area contributed by atoms with Gasteiger partial charge in [-0.3, -0.25) is 4.79 Å². The van der Waals surface area contributed by atoms with Crippen molar-refractivity contribution >= 4 is 29.2 Å². The van der Waals surface area contributed by atoms with E-state index in [0.717, 1.165) is 6.92 Å². The molecule has 0 aromatic carbocycles. The molecule has 1 unspecified atom stereocenters. The van der Waals surface area contributed by atoms with Gasteiger partial charge in [-0.2, -0.15) is 0 Å². The number of aliphatic carboxylic acids is 1. The molecular weight excluding hydrogens is 215 g/mol. The van der Waals surface area contributed by atoms with Gasteiger partial charge in [-0.25, -0.2) is 0 Å². The van der Waals surface area contributed by atoms with Gasteiger partial charge in [-0.1, -0.05) is 13.8 Å². The van der Waals surface area contributed by atoms with Gasteiger partial charge in [0, 0.05) is 24.9 Å². The molecule has 0 aromatic rings. The van der Waals surface area contributed by atoms with Crippen LogP contribution in [0.5, 0.6) is 0 Å². The Bertz CT molecular complexity index is 184. The van der Waals surface area contributed by atoms with Crippen molar-refractivity contribution in [1.29, 1.82) is 0 Å². The van der Waals surface area contributed by atoms with E-state index in [-0.39, 0.29) is 17.9 Å². The Balaban J connectivity index is 0.000000310. The van der Waals surface area contributed by atoms with E-state index in [9.17, 15) is 0 Å². The summed E-state index contributed by atoms with van der Waals surface area (Å²) in [7, 11) is 0. The van der Waals surface area contributed by atoms with Crippen LogP contribution in [0.1, 0.15) is 20.8 Å². The molecule has 0 radical (unpaired) electrons. The highest BCUT2D eigenvalue weighted by atomic mass is 35.5. The predicted molar refractivity (Wildman–Crippen MR) is 52.1 cm³/mol. The highest BCUT2D eigenvalue weighted by molar-refractivity contribution is 6.51. The Morgan fingerprint density at radius 3 is 1.69 bits per heavy atom. The monoisotopic (exact) mass is 228 g/mol. The van der Waals surface area contributed by atoms with E-state index in [2.05, 4.69) is 0 Å². The molecule has 13 heavy (non-hydrogen) atoms. The standard InChI is InChI=1S/C6H10Cl2O.C2H4O2/c1-5(2)4(3-9)6(5,7)8;1-2(3)4/h4,9H,3H2,1-2H3;1H3,(H,3,4). The van der Waals surface area contributed by atoms with Crippen LogP contribution in [0.4, 0.5) is 0 Å². The van der Waals surface area contributed by atoms with E-state index in [1.807, 2.05) is 13.8 Å². The molecule has 1 atom stereocenters. The third kappa shape index (κ3) is 2.73. The molecule has 2 N–H and O–H groups in total. The maximum atomic E-state index is 9.00. The van der Waals surface area contributed by atoms with Gasteiger partial charge in [0.2, 0.25) is 0 Å². The SMILES string of the molecule is CC(=O)O.CC1(C)C(CO)C1(Cl)Cl. The number of hydrogen-bond donors (Lipinski definition) is 2. The van der Waals surface area contributed by atoms with E-state index in [0.29, 0.717) is 0 Å². The Labute approximate surface area is 87.7 Å². The third-order valence-corrected chi connectivity index (χ3v) is 3.77. The van der Waals surface area contributed by atoms with Gasteiger partial charge < -0.3 is 10.2 Å². The van der Waals surface area contributed by atoms with Crippen LogP contribution in [-0.4, -0.2) is 27.1 Å². The molecular formula is C8H14Cl2O3. The minimum Gasteiger partial charge on any atom is -0.481 e. The number of carboxylic acid groups (broad SMARTS) is 1. The summed E-state index contributed by atoms with van der Waals surface area (Å²) in [6, 6.07) is 0. The number of aliphatic hydroxyl groups is 1. The first kappa shape index (κ1) is 13.0. The van der Waals surface area contributed by atoms with Crippen LogP contribution in [-0.2, 0) is 4.79 Å². The number of halogens is 2. The molecule has 5 heteroatoms. The summed E-state index contributed by atoms with van der Waals surface area (Å²) in [5, 5.41) is 16.1. The summed E-state index contributed by atoms with van der Waals surface area (Å²) in [5.41, 5.74) is -0.106. The van der Waals surface area contributed by atoms with Crippen LogP contribution < -0.4 is 0 Å². The Morgan fingerprint density at radius 1 is 1.46 bits per heavy atom. The zero-order valence-electron chi connectivity index (χ0n) is 7.84. The lowest BCUT2D eigenvalue weighted by Crippen LogP contribution is -1.96. The second-order valence-corrected chi connectivity index (χ2v) is 4.98. The van der Waals surface area contributed by atoms with Crippen molar-refractivity contribution in [2.24, 2.45) is 11.3 Å². The molecule has 0 aliphatic heterocycles. The zero-order valence-corrected chi connectivity index (χ0v) is 9.35. The van der Waals surface area contributed by atoms with Crippen molar-refractivity contribution in [2.45, 2.75) is 25.1 Å². The van der Waals surface area contributed by atoms with Crippen LogP contribution in [0.2, 0.25) is 0 Å². The number of hydrogen-bond acceptors (Lipinski definition) is 2. The summed E-state index contributed by atoms with van der Waals surface area (Å²) in [6.07, 6.45) is 0. The van der Waals surface area contributed by atoms with Crippen LogP contribution in [0.3, 0.4) is 0 Å². The molecule has 1 rings (SSSR count). The number of alkyl halides is 2. The van der Waals surface area contributed by atoms with Crippen molar-refractivity contribution in [2.75, 3.05) is 6.61 Å². The van der Waals surface area contributed by atoms with Crippen LogP contribution in [0, 0.1) is 11.3 Å². The minimum absolute atomic E-state index is 0.0494. The normalized spacial score (nSPS) is 27.1. The van der Waals surface area contributed by atoms with Gasteiger partial charge in [0.15, 0.2) is 0 Å². The first-order valence-electron chi connectivity index (χ1n) is 3.86. The summed E-state index contributed by atoms with van der Waals surface area (Å²) in [4.78, 5) is 9.00. The van der Waals surface area contributed by atoms with E-state index < -0.39 is 10.3 Å². The minimum atomic E-state index is -0.833. The molecule has 0 spiro atoms. The highest BCUT2D eigenvalue weighted by Crippen LogP contribution is 2.68. The molecule has 3 nitrogen and oxygen atoms in total. The average Bonchev–Trinajstić information content (AvgIpc) is 2.22. The van der Waals surface area contributed by atoms with Gasteiger partial charge in [-0.05, 0) is 0 Å². The second-order valence-electron chi connectivity index (χ2n) is 3.60. The molecule has 1 saturated carbocycles. The van der Waals surface area contributed by atoms with Crippen molar-refractivity contribution in [3.63, 3.8) is 0 Å². The Morgan fingerprint density at radius 2 is 1.69 bits per heavy atom. The average molecular weight is 229 g/mol. The van der Waals surface area contributed by atoms with Gasteiger partial charge in [0.05, 0.1) is 0 Å². The number of rotatable bonds is 1. The van der Waals surface area contributed by atoms with Gasteiger partial charge in [0.25, 0.3) is 5.97 Å². The van der Waals surface area contributed by atoms with Crippen LogP contribution in [0.25, 0.3) is 0 Å². The molecule has 1 aliphatic rings. The van der Waals surface area contributed by atoms with Crippen molar-refractivity contribution in [1.82, 2.24) is 0 Å². The second kappa shape index (κ2) is 4.03.